The van der Waals surface area contributed by atoms with E-state index >= 15 is 0 Å². The molecule has 5 heteroatoms. The minimum Gasteiger partial charge on any atom is -0.508 e. The summed E-state index contributed by atoms with van der Waals surface area (Å²) in [7, 11) is 0. The molecule has 0 aromatic heterocycles. The molecular formula is C25H26N2O3. The molecule has 0 saturated carbocycles. The summed E-state index contributed by atoms with van der Waals surface area (Å²) in [4.78, 5) is 26.6. The Hall–Kier alpha value is -3.34. The second kappa shape index (κ2) is 8.57. The van der Waals surface area contributed by atoms with Gasteiger partial charge in [0.2, 0.25) is 11.8 Å². The van der Waals surface area contributed by atoms with Crippen molar-refractivity contribution in [1.82, 2.24) is 10.2 Å². The van der Waals surface area contributed by atoms with Gasteiger partial charge >= 0.3 is 0 Å². The summed E-state index contributed by atoms with van der Waals surface area (Å²) in [6.07, 6.45) is 1.29. The van der Waals surface area contributed by atoms with Crippen molar-refractivity contribution < 1.29 is 14.7 Å². The summed E-state index contributed by atoms with van der Waals surface area (Å²) in [5, 5.41) is 15.9. The Kier molecular flexibility index (Phi) is 5.70. The highest BCUT2D eigenvalue weighted by Crippen LogP contribution is 2.36. The summed E-state index contributed by atoms with van der Waals surface area (Å²) in [5.41, 5.74) is 1.62. The molecule has 2 N–H and O–H groups in total. The maximum absolute atomic E-state index is 13.2. The molecule has 30 heavy (non-hydrogen) atoms. The monoisotopic (exact) mass is 402 g/mol. The number of phenolic OH excluding ortho intramolecular Hbond substituents is 1. The van der Waals surface area contributed by atoms with E-state index in [4.69, 9.17) is 0 Å². The zero-order chi connectivity index (χ0) is 21.1. The first-order valence-electron chi connectivity index (χ1n) is 10.4. The Morgan fingerprint density at radius 2 is 1.63 bits per heavy atom. The number of likely N-dealkylation sites (tertiary alicyclic amines) is 1. The van der Waals surface area contributed by atoms with E-state index < -0.39 is 6.04 Å². The fraction of sp³-hybridized carbons (Fsp3) is 0.280. The van der Waals surface area contributed by atoms with Gasteiger partial charge in [-0.3, -0.25) is 9.59 Å². The molecule has 0 aliphatic carbocycles. The molecule has 2 amide bonds. The molecule has 3 aromatic carbocycles. The van der Waals surface area contributed by atoms with Crippen LogP contribution in [-0.4, -0.2) is 34.9 Å². The number of nitrogens with one attached hydrogen (secondary N) is 1. The Balaban J connectivity index is 1.67. The lowest BCUT2D eigenvalue weighted by atomic mass is 9.90. The van der Waals surface area contributed by atoms with Gasteiger partial charge in [0.15, 0.2) is 0 Å². The number of carbonyl (C=O) groups excluding carboxylic acids is 2. The molecule has 1 unspecified atom stereocenters. The number of amides is 2. The molecule has 1 aliphatic rings. The van der Waals surface area contributed by atoms with Crippen LogP contribution < -0.4 is 5.32 Å². The second-order valence-electron chi connectivity index (χ2n) is 7.85. The second-order valence-corrected chi connectivity index (χ2v) is 7.85. The molecule has 4 rings (SSSR count). The SMILES string of the molecule is CC(=O)N1CCC(C(=O)NC(c2ccccc2)c2c(O)ccc3ccccc23)CC1. The van der Waals surface area contributed by atoms with Crippen molar-refractivity contribution in [2.45, 2.75) is 25.8 Å². The average molecular weight is 402 g/mol. The average Bonchev–Trinajstić information content (AvgIpc) is 2.78. The zero-order valence-corrected chi connectivity index (χ0v) is 17.0. The van der Waals surface area contributed by atoms with Crippen LogP contribution in [0.25, 0.3) is 10.8 Å². The summed E-state index contributed by atoms with van der Waals surface area (Å²) < 4.78 is 0. The standard InChI is InChI=1S/C25H26N2O3/c1-17(28)27-15-13-20(14-16-27)25(30)26-24(19-8-3-2-4-9-19)23-21-10-6-5-7-18(21)11-12-22(23)29/h2-12,20,24,29H,13-16H2,1H3,(H,26,30). The van der Waals surface area contributed by atoms with Crippen molar-refractivity contribution >= 4 is 22.6 Å². The van der Waals surface area contributed by atoms with E-state index in [1.807, 2.05) is 60.7 Å². The van der Waals surface area contributed by atoms with Crippen molar-refractivity contribution in [2.24, 2.45) is 5.92 Å². The van der Waals surface area contributed by atoms with Crippen LogP contribution in [0.5, 0.6) is 5.75 Å². The number of aromatic hydroxyl groups is 1. The molecule has 3 aromatic rings. The Labute approximate surface area is 176 Å². The van der Waals surface area contributed by atoms with Gasteiger partial charge in [-0.2, -0.15) is 0 Å². The van der Waals surface area contributed by atoms with Crippen LogP contribution in [-0.2, 0) is 9.59 Å². The maximum Gasteiger partial charge on any atom is 0.223 e. The van der Waals surface area contributed by atoms with Crippen LogP contribution in [0, 0.1) is 5.92 Å². The van der Waals surface area contributed by atoms with E-state index in [1.165, 1.54) is 0 Å². The normalized spacial score (nSPS) is 15.7. The molecule has 1 heterocycles. The van der Waals surface area contributed by atoms with Crippen molar-refractivity contribution in [3.8, 4) is 5.75 Å². The fourth-order valence-electron chi connectivity index (χ4n) is 4.27. The number of nitrogens with zero attached hydrogens (tertiary/aromatic N) is 1. The first-order valence-corrected chi connectivity index (χ1v) is 10.4. The van der Waals surface area contributed by atoms with Gasteiger partial charge in [0.25, 0.3) is 0 Å². The lowest BCUT2D eigenvalue weighted by molar-refractivity contribution is -0.134. The van der Waals surface area contributed by atoms with Crippen LogP contribution in [0.15, 0.2) is 66.7 Å². The molecule has 1 saturated heterocycles. The highest BCUT2D eigenvalue weighted by molar-refractivity contribution is 5.90. The molecule has 0 radical (unpaired) electrons. The molecule has 1 aliphatic heterocycles. The van der Waals surface area contributed by atoms with Gasteiger partial charge in [0, 0.05) is 31.5 Å². The van der Waals surface area contributed by atoms with E-state index in [9.17, 15) is 14.7 Å². The fourth-order valence-corrected chi connectivity index (χ4v) is 4.27. The number of phenols is 1. The Morgan fingerprint density at radius 3 is 2.33 bits per heavy atom. The first-order chi connectivity index (χ1) is 14.5. The zero-order valence-electron chi connectivity index (χ0n) is 17.0. The minimum atomic E-state index is -0.462. The number of hydrogen-bond donors (Lipinski definition) is 2. The number of benzene rings is 3. The van der Waals surface area contributed by atoms with Gasteiger partial charge in [-0.05, 0) is 35.2 Å². The molecule has 5 nitrogen and oxygen atoms in total. The van der Waals surface area contributed by atoms with E-state index in [0.29, 0.717) is 31.5 Å². The van der Waals surface area contributed by atoms with Crippen molar-refractivity contribution in [3.63, 3.8) is 0 Å². The lowest BCUT2D eigenvalue weighted by Crippen LogP contribution is -2.43. The highest BCUT2D eigenvalue weighted by atomic mass is 16.3. The van der Waals surface area contributed by atoms with Gasteiger partial charge in [0.05, 0.1) is 6.04 Å². The van der Waals surface area contributed by atoms with E-state index in [-0.39, 0.29) is 23.5 Å². The van der Waals surface area contributed by atoms with Crippen LogP contribution in [0.3, 0.4) is 0 Å². The first kappa shape index (κ1) is 20.0. The predicted octanol–water partition coefficient (Wildman–Crippen LogP) is 4.01. The number of piperidine rings is 1. The molecule has 1 atom stereocenters. The van der Waals surface area contributed by atoms with Crippen molar-refractivity contribution in [1.29, 1.82) is 0 Å². The molecular weight excluding hydrogens is 376 g/mol. The Morgan fingerprint density at radius 1 is 0.967 bits per heavy atom. The third kappa shape index (κ3) is 4.01. The van der Waals surface area contributed by atoms with Crippen LogP contribution in [0.2, 0.25) is 0 Å². The van der Waals surface area contributed by atoms with Crippen LogP contribution >= 0.6 is 0 Å². The highest BCUT2D eigenvalue weighted by Gasteiger charge is 2.29. The maximum atomic E-state index is 13.2. The number of hydrogen-bond acceptors (Lipinski definition) is 3. The largest absolute Gasteiger partial charge is 0.508 e. The lowest BCUT2D eigenvalue weighted by Gasteiger charge is -2.32. The summed E-state index contributed by atoms with van der Waals surface area (Å²) in [6.45, 7) is 2.76. The van der Waals surface area contributed by atoms with Gasteiger partial charge in [0.1, 0.15) is 5.75 Å². The van der Waals surface area contributed by atoms with Crippen molar-refractivity contribution in [2.75, 3.05) is 13.1 Å². The van der Waals surface area contributed by atoms with Crippen molar-refractivity contribution in [3.05, 3.63) is 77.9 Å². The molecule has 1 fully saturated rings. The smallest absolute Gasteiger partial charge is 0.223 e. The molecule has 0 bridgehead atoms. The van der Waals surface area contributed by atoms with Gasteiger partial charge < -0.3 is 15.3 Å². The Bertz CT molecular complexity index is 1060. The summed E-state index contributed by atoms with van der Waals surface area (Å²) >= 11 is 0. The summed E-state index contributed by atoms with van der Waals surface area (Å²) in [6, 6.07) is 20.7. The quantitative estimate of drug-likeness (QED) is 0.693. The topological polar surface area (TPSA) is 69.6 Å². The van der Waals surface area contributed by atoms with E-state index in [1.54, 1.807) is 17.9 Å². The molecule has 0 spiro atoms. The number of carbonyl (C=O) groups is 2. The number of rotatable bonds is 4. The summed E-state index contributed by atoms with van der Waals surface area (Å²) in [5.74, 6) is 0.0225. The van der Waals surface area contributed by atoms with Gasteiger partial charge in [-0.1, -0.05) is 60.7 Å². The third-order valence-corrected chi connectivity index (χ3v) is 5.97. The number of fused-ring (bicyclic) bond motifs is 1. The van der Waals surface area contributed by atoms with Gasteiger partial charge in [-0.25, -0.2) is 0 Å². The minimum absolute atomic E-state index is 0.0422. The van der Waals surface area contributed by atoms with E-state index in [2.05, 4.69) is 5.32 Å². The third-order valence-electron chi connectivity index (χ3n) is 5.97. The van der Waals surface area contributed by atoms with E-state index in [0.717, 1.165) is 16.3 Å². The van der Waals surface area contributed by atoms with Crippen LogP contribution in [0.1, 0.15) is 36.9 Å². The predicted molar refractivity (Wildman–Crippen MR) is 117 cm³/mol. The van der Waals surface area contributed by atoms with Crippen LogP contribution in [0.4, 0.5) is 0 Å². The molecule has 154 valence electrons. The van der Waals surface area contributed by atoms with Gasteiger partial charge in [-0.15, -0.1) is 0 Å².